The molecule has 282 valence electrons. The first-order valence-corrected chi connectivity index (χ1v) is 20.5. The van der Waals surface area contributed by atoms with Crippen molar-refractivity contribution in [2.24, 2.45) is 17.8 Å². The number of ketones is 1. The van der Waals surface area contributed by atoms with Crippen LogP contribution in [0.15, 0.2) is 18.2 Å². The van der Waals surface area contributed by atoms with E-state index in [0.29, 0.717) is 17.0 Å². The van der Waals surface area contributed by atoms with Crippen LogP contribution in [0.2, 0.25) is 18.1 Å². The molecule has 4 N–H and O–H groups in total. The number of carbonyl (C=O) groups excluding carboxylic acids is 4. The Morgan fingerprint density at radius 3 is 1.98 bits per heavy atom. The summed E-state index contributed by atoms with van der Waals surface area (Å²) in [6.07, 6.45) is 1.90. The van der Waals surface area contributed by atoms with Crippen molar-refractivity contribution in [2.75, 3.05) is 27.4 Å². The molecular formula is C36H61ClO11Si. The number of methoxy groups -OCH3 is 2. The molecule has 0 aromatic heterocycles. The molecule has 0 saturated heterocycles. The molecule has 1 aliphatic heterocycles. The minimum Gasteiger partial charge on any atom is -0.507 e. The van der Waals surface area contributed by atoms with E-state index >= 15 is 0 Å². The number of hydrogen-bond acceptors (Lipinski definition) is 11. The molecule has 0 saturated carbocycles. The number of Topliss-reactive ketones (excluding diaryl/α,β-unsaturated/α-hetero) is 1. The first-order chi connectivity index (χ1) is 22.5. The van der Waals surface area contributed by atoms with Gasteiger partial charge in [0.05, 0.1) is 45.4 Å². The van der Waals surface area contributed by atoms with Crippen LogP contribution in [0.25, 0.3) is 6.08 Å². The van der Waals surface area contributed by atoms with E-state index in [0.717, 1.165) is 12.0 Å². The molecular weight excluding hydrogens is 672 g/mol. The van der Waals surface area contributed by atoms with Crippen LogP contribution in [0, 0.1) is 24.7 Å². The number of rotatable bonds is 4. The van der Waals surface area contributed by atoms with Crippen molar-refractivity contribution < 1.29 is 53.8 Å². The standard InChI is InChI=1S/C19H24O6.C6H15ClSi.C6H12O2.C5H10O3/c1-11-6-7-15(21)18(23)14(20)5-3-4-13-8-12(2)9-16(22)17(13)19(24)25-10-11;1-6(2,3)8(4,5)7;1-4-5(2)6(7)8-3;1-4(3-6)5(7)8-2/h3-4,8-9,11,14,18,20,22-23H,5-7,10H2,1-2H3;1-5H3;5H,4H2,1-3H3;4,6H,3H2,1-2H3/b4-3+;;;/t11-,14+,18+;;5-;4-/m1.00/s1. The highest BCUT2D eigenvalue weighted by Gasteiger charge is 2.32. The quantitative estimate of drug-likeness (QED) is 0.120. The Hall–Kier alpha value is -2.77. The molecule has 5 atom stereocenters. The molecule has 1 aliphatic rings. The average Bonchev–Trinajstić information content (AvgIpc) is 3.03. The highest BCUT2D eigenvalue weighted by Crippen LogP contribution is 2.38. The van der Waals surface area contributed by atoms with Gasteiger partial charge in [0.2, 0.25) is 0 Å². The summed E-state index contributed by atoms with van der Waals surface area (Å²) in [6, 6.07) is 3.20. The number of halogens is 1. The molecule has 2 rings (SSSR count). The smallest absolute Gasteiger partial charge is 0.342 e. The van der Waals surface area contributed by atoms with Crippen LogP contribution in [0.3, 0.4) is 0 Å². The summed E-state index contributed by atoms with van der Waals surface area (Å²) in [4.78, 5) is 45.2. The predicted molar refractivity (Wildman–Crippen MR) is 195 cm³/mol. The van der Waals surface area contributed by atoms with Gasteiger partial charge in [-0.25, -0.2) is 4.79 Å². The number of hydrogen-bond donors (Lipinski definition) is 4. The molecule has 1 aromatic rings. The second-order valence-electron chi connectivity index (χ2n) is 13.8. The van der Waals surface area contributed by atoms with Gasteiger partial charge in [-0.1, -0.05) is 72.9 Å². The van der Waals surface area contributed by atoms with E-state index in [1.807, 2.05) is 20.8 Å². The number of aliphatic hydroxyl groups excluding tert-OH is 3. The number of aliphatic hydroxyl groups is 3. The Morgan fingerprint density at radius 1 is 1.06 bits per heavy atom. The maximum Gasteiger partial charge on any atom is 0.342 e. The minimum atomic E-state index is -1.44. The molecule has 0 radical (unpaired) electrons. The zero-order chi connectivity index (χ0) is 38.7. The normalized spacial score (nSPS) is 20.4. The number of esters is 3. The van der Waals surface area contributed by atoms with Gasteiger partial charge in [0.1, 0.15) is 17.4 Å². The van der Waals surface area contributed by atoms with Gasteiger partial charge in [0, 0.05) is 6.42 Å². The third-order valence-electron chi connectivity index (χ3n) is 8.13. The fourth-order valence-corrected chi connectivity index (χ4v) is 3.38. The van der Waals surface area contributed by atoms with E-state index in [4.69, 9.17) is 20.9 Å². The van der Waals surface area contributed by atoms with Crippen molar-refractivity contribution in [3.63, 3.8) is 0 Å². The van der Waals surface area contributed by atoms with Crippen molar-refractivity contribution in [2.45, 2.75) is 111 Å². The second-order valence-corrected chi connectivity index (χ2v) is 21.0. The van der Waals surface area contributed by atoms with Gasteiger partial charge >= 0.3 is 17.9 Å². The van der Waals surface area contributed by atoms with Crippen molar-refractivity contribution in [3.05, 3.63) is 34.9 Å². The lowest BCUT2D eigenvalue weighted by Crippen LogP contribution is -2.33. The first-order valence-electron chi connectivity index (χ1n) is 16.5. The number of fused-ring (bicyclic) bond motifs is 1. The summed E-state index contributed by atoms with van der Waals surface area (Å²) in [5.74, 6) is -2.13. The summed E-state index contributed by atoms with van der Waals surface area (Å²) in [7, 11) is 1.32. The molecule has 11 nitrogen and oxygen atoms in total. The fourth-order valence-electron chi connectivity index (χ4n) is 3.38. The number of phenols is 1. The van der Waals surface area contributed by atoms with Crippen LogP contribution < -0.4 is 0 Å². The minimum absolute atomic E-state index is 0.0473. The van der Waals surface area contributed by atoms with E-state index in [2.05, 4.69) is 43.3 Å². The third kappa shape index (κ3) is 19.3. The topological polar surface area (TPSA) is 177 Å². The van der Waals surface area contributed by atoms with Crippen LogP contribution in [-0.2, 0) is 28.6 Å². The Morgan fingerprint density at radius 2 is 1.57 bits per heavy atom. The molecule has 49 heavy (non-hydrogen) atoms. The Bertz CT molecular complexity index is 1170. The van der Waals surface area contributed by atoms with Gasteiger partial charge in [0.15, 0.2) is 13.2 Å². The molecule has 0 bridgehead atoms. The summed E-state index contributed by atoms with van der Waals surface area (Å²) in [5, 5.41) is 38.7. The maximum absolute atomic E-state index is 12.4. The summed E-state index contributed by atoms with van der Waals surface area (Å²) in [6.45, 7) is 19.9. The van der Waals surface area contributed by atoms with E-state index in [-0.39, 0.29) is 67.1 Å². The molecule has 13 heteroatoms. The van der Waals surface area contributed by atoms with Gasteiger partial charge < -0.3 is 34.6 Å². The number of phenolic OH excluding ortho intramolecular Hbond substituents is 1. The highest BCUT2D eigenvalue weighted by atomic mass is 35.6. The SMILES string of the molecule is CC(C)(C)[Si](C)(C)Cl.CC[C@H](C)C(=O)OC.COC(=O)[C@@H](C)CO.Cc1cc(O)c2c(c1)/C=C/C[C@H](O)[C@H](O)C(=O)CC[C@@H](C)COC2=O. The Labute approximate surface area is 298 Å². The zero-order valence-corrected chi connectivity index (χ0v) is 33.2. The van der Waals surface area contributed by atoms with E-state index in [1.54, 1.807) is 32.1 Å². The number of benzene rings is 1. The largest absolute Gasteiger partial charge is 0.507 e. The molecule has 0 spiro atoms. The van der Waals surface area contributed by atoms with Crippen LogP contribution in [0.1, 0.15) is 95.6 Å². The van der Waals surface area contributed by atoms with Crippen LogP contribution in [0.4, 0.5) is 0 Å². The third-order valence-corrected chi connectivity index (χ3v) is 13.4. The van der Waals surface area contributed by atoms with E-state index in [9.17, 15) is 34.5 Å². The number of ether oxygens (including phenoxy) is 3. The zero-order valence-electron chi connectivity index (χ0n) is 31.5. The summed E-state index contributed by atoms with van der Waals surface area (Å²) in [5.41, 5.74) is 1.29. The van der Waals surface area contributed by atoms with Gasteiger partial charge in [-0.2, -0.15) is 11.1 Å². The predicted octanol–water partition coefficient (Wildman–Crippen LogP) is 6.21. The molecule has 1 aromatic carbocycles. The summed E-state index contributed by atoms with van der Waals surface area (Å²) < 4.78 is 14.0. The van der Waals surface area contributed by atoms with Crippen molar-refractivity contribution in [3.8, 4) is 5.75 Å². The molecule has 0 unspecified atom stereocenters. The lowest BCUT2D eigenvalue weighted by atomic mass is 9.97. The van der Waals surface area contributed by atoms with Gasteiger partial charge in [-0.05, 0) is 61.3 Å². The molecule has 1 heterocycles. The molecule has 0 amide bonds. The fraction of sp³-hybridized carbons (Fsp3) is 0.667. The Balaban J connectivity index is 0. The summed E-state index contributed by atoms with van der Waals surface area (Å²) >= 11 is 6.15. The number of aromatic hydroxyl groups is 1. The van der Waals surface area contributed by atoms with Crippen LogP contribution >= 0.6 is 11.1 Å². The second kappa shape index (κ2) is 23.6. The van der Waals surface area contributed by atoms with Gasteiger partial charge in [0.25, 0.3) is 0 Å². The van der Waals surface area contributed by atoms with Crippen molar-refractivity contribution >= 4 is 48.2 Å². The lowest BCUT2D eigenvalue weighted by molar-refractivity contribution is -0.146. The first kappa shape index (κ1) is 48.3. The maximum atomic E-state index is 12.4. The number of cyclic esters (lactones) is 1. The Kier molecular flexibility index (Phi) is 23.3. The molecule has 0 fully saturated rings. The van der Waals surface area contributed by atoms with E-state index < -0.39 is 31.3 Å². The lowest BCUT2D eigenvalue weighted by Gasteiger charge is -2.29. The van der Waals surface area contributed by atoms with Crippen molar-refractivity contribution in [1.82, 2.24) is 0 Å². The molecule has 0 aliphatic carbocycles. The monoisotopic (exact) mass is 732 g/mol. The highest BCUT2D eigenvalue weighted by molar-refractivity contribution is 7.20. The van der Waals surface area contributed by atoms with Gasteiger partial charge in [-0.3, -0.25) is 14.4 Å². The van der Waals surface area contributed by atoms with Crippen LogP contribution in [0.5, 0.6) is 5.75 Å². The van der Waals surface area contributed by atoms with E-state index in [1.165, 1.54) is 20.3 Å². The number of aryl methyl sites for hydroxylation is 1. The van der Waals surface area contributed by atoms with Gasteiger partial charge in [-0.15, -0.1) is 0 Å². The van der Waals surface area contributed by atoms with Crippen LogP contribution in [-0.4, -0.2) is 91.1 Å². The number of carbonyl (C=O) groups is 4. The van der Waals surface area contributed by atoms with Crippen molar-refractivity contribution in [1.29, 1.82) is 0 Å². The average molecular weight is 733 g/mol.